The molecular weight excluding hydrogens is 200 g/mol. The highest BCUT2D eigenvalue weighted by Crippen LogP contribution is 2.13. The lowest BCUT2D eigenvalue weighted by atomic mass is 10.1. The van der Waals surface area contributed by atoms with Crippen LogP contribution in [0.4, 0.5) is 5.69 Å². The molecule has 1 aliphatic rings. The number of benzene rings is 1. The van der Waals surface area contributed by atoms with Crippen molar-refractivity contribution in [2.75, 3.05) is 5.73 Å². The molecule has 0 aromatic heterocycles. The Morgan fingerprint density at radius 1 is 1.31 bits per heavy atom. The van der Waals surface area contributed by atoms with Crippen molar-refractivity contribution >= 4 is 11.6 Å². The van der Waals surface area contributed by atoms with Crippen LogP contribution in [0.3, 0.4) is 0 Å². The molecule has 3 N–H and O–H groups in total. The molecule has 0 radical (unpaired) electrons. The Kier molecular flexibility index (Phi) is 3.25. The van der Waals surface area contributed by atoms with Crippen molar-refractivity contribution < 1.29 is 4.79 Å². The second-order valence-electron chi connectivity index (χ2n) is 4.08. The molecule has 16 heavy (non-hydrogen) atoms. The number of para-hydroxylation sites is 1. The number of nitrogens with one attached hydrogen (secondary N) is 1. The highest BCUT2D eigenvalue weighted by Gasteiger charge is 2.13. The zero-order valence-electron chi connectivity index (χ0n) is 9.15. The molecule has 0 unspecified atom stereocenters. The van der Waals surface area contributed by atoms with E-state index in [1.165, 1.54) is 0 Å². The van der Waals surface area contributed by atoms with Crippen LogP contribution in [0, 0.1) is 0 Å². The fraction of sp³-hybridized carbons (Fsp3) is 0.308. The van der Waals surface area contributed by atoms with Crippen LogP contribution >= 0.6 is 0 Å². The minimum Gasteiger partial charge on any atom is -0.398 e. The maximum absolute atomic E-state index is 11.7. The Morgan fingerprint density at radius 2 is 2.00 bits per heavy atom. The molecule has 0 spiro atoms. The van der Waals surface area contributed by atoms with Gasteiger partial charge in [0, 0.05) is 11.7 Å². The van der Waals surface area contributed by atoms with Crippen molar-refractivity contribution in [1.82, 2.24) is 5.32 Å². The second kappa shape index (κ2) is 4.84. The highest BCUT2D eigenvalue weighted by molar-refractivity contribution is 5.80. The third-order valence-corrected chi connectivity index (χ3v) is 2.78. The Morgan fingerprint density at radius 3 is 2.69 bits per heavy atom. The number of carbonyl (C=O) groups is 1. The first-order chi connectivity index (χ1) is 7.75. The largest absolute Gasteiger partial charge is 0.398 e. The van der Waals surface area contributed by atoms with E-state index in [0.29, 0.717) is 12.1 Å². The maximum atomic E-state index is 11.7. The van der Waals surface area contributed by atoms with E-state index >= 15 is 0 Å². The van der Waals surface area contributed by atoms with Gasteiger partial charge in [-0.05, 0) is 24.5 Å². The molecule has 1 amide bonds. The average molecular weight is 216 g/mol. The van der Waals surface area contributed by atoms with Gasteiger partial charge in [0.25, 0.3) is 0 Å². The highest BCUT2D eigenvalue weighted by atomic mass is 16.1. The van der Waals surface area contributed by atoms with Gasteiger partial charge in [0.2, 0.25) is 5.91 Å². The Bertz CT molecular complexity index is 404. The van der Waals surface area contributed by atoms with Crippen LogP contribution in [-0.4, -0.2) is 11.9 Å². The van der Waals surface area contributed by atoms with Crippen LogP contribution in [0.5, 0.6) is 0 Å². The minimum atomic E-state index is 0.0478. The number of carbonyl (C=O) groups excluding carboxylic acids is 1. The lowest BCUT2D eigenvalue weighted by Gasteiger charge is -2.12. The molecule has 2 rings (SSSR count). The number of nitrogen functional groups attached to an aromatic ring is 1. The number of anilines is 1. The second-order valence-corrected chi connectivity index (χ2v) is 4.08. The van der Waals surface area contributed by atoms with Crippen molar-refractivity contribution in [3.05, 3.63) is 42.0 Å². The number of nitrogens with two attached hydrogens (primary N) is 1. The van der Waals surface area contributed by atoms with Crippen LogP contribution in [0.1, 0.15) is 18.4 Å². The minimum absolute atomic E-state index is 0.0478. The molecule has 84 valence electrons. The predicted molar refractivity (Wildman–Crippen MR) is 64.9 cm³/mol. The molecule has 0 heterocycles. The van der Waals surface area contributed by atoms with Gasteiger partial charge in [-0.25, -0.2) is 0 Å². The molecule has 3 heteroatoms. The van der Waals surface area contributed by atoms with Crippen LogP contribution in [0.25, 0.3) is 0 Å². The molecule has 0 saturated carbocycles. The van der Waals surface area contributed by atoms with Gasteiger partial charge >= 0.3 is 0 Å². The topological polar surface area (TPSA) is 55.1 Å². The van der Waals surface area contributed by atoms with E-state index in [-0.39, 0.29) is 11.9 Å². The van der Waals surface area contributed by atoms with Crippen molar-refractivity contribution in [3.63, 3.8) is 0 Å². The summed E-state index contributed by atoms with van der Waals surface area (Å²) in [6.07, 6.45) is 6.44. The van der Waals surface area contributed by atoms with E-state index in [0.717, 1.165) is 18.4 Å². The molecule has 0 bridgehead atoms. The lowest BCUT2D eigenvalue weighted by Crippen LogP contribution is -2.34. The molecule has 1 aromatic carbocycles. The SMILES string of the molecule is Nc1ccccc1CC(=O)NC1CC=CC1. The molecule has 0 atom stereocenters. The number of amides is 1. The summed E-state index contributed by atoms with van der Waals surface area (Å²) in [5, 5.41) is 3.00. The van der Waals surface area contributed by atoms with Crippen LogP contribution < -0.4 is 11.1 Å². The van der Waals surface area contributed by atoms with E-state index in [1.54, 1.807) is 0 Å². The van der Waals surface area contributed by atoms with Crippen LogP contribution in [-0.2, 0) is 11.2 Å². The van der Waals surface area contributed by atoms with Crippen molar-refractivity contribution in [1.29, 1.82) is 0 Å². The maximum Gasteiger partial charge on any atom is 0.224 e. The van der Waals surface area contributed by atoms with Gasteiger partial charge in [-0.2, -0.15) is 0 Å². The zero-order valence-corrected chi connectivity index (χ0v) is 9.15. The Labute approximate surface area is 95.3 Å². The first kappa shape index (κ1) is 10.7. The lowest BCUT2D eigenvalue weighted by molar-refractivity contribution is -0.121. The molecular formula is C13H16N2O. The van der Waals surface area contributed by atoms with Crippen molar-refractivity contribution in [3.8, 4) is 0 Å². The van der Waals surface area contributed by atoms with Crippen LogP contribution in [0.2, 0.25) is 0 Å². The molecule has 0 fully saturated rings. The smallest absolute Gasteiger partial charge is 0.224 e. The normalized spacial score (nSPS) is 15.2. The molecule has 1 aromatic rings. The summed E-state index contributed by atoms with van der Waals surface area (Å²) < 4.78 is 0. The van der Waals surface area contributed by atoms with Gasteiger partial charge in [0.1, 0.15) is 0 Å². The molecule has 0 saturated heterocycles. The first-order valence-electron chi connectivity index (χ1n) is 5.53. The fourth-order valence-electron chi connectivity index (χ4n) is 1.88. The summed E-state index contributed by atoms with van der Waals surface area (Å²) in [6, 6.07) is 7.76. The van der Waals surface area contributed by atoms with E-state index in [9.17, 15) is 4.79 Å². The van der Waals surface area contributed by atoms with Crippen LogP contribution in [0.15, 0.2) is 36.4 Å². The quantitative estimate of drug-likeness (QED) is 0.596. The standard InChI is InChI=1S/C13H16N2O/c14-12-8-4-1-5-10(12)9-13(16)15-11-6-2-3-7-11/h1-5,8,11H,6-7,9,14H2,(H,15,16). The van der Waals surface area contributed by atoms with Gasteiger partial charge in [0.15, 0.2) is 0 Å². The summed E-state index contributed by atoms with van der Waals surface area (Å²) in [4.78, 5) is 11.7. The molecule has 1 aliphatic carbocycles. The zero-order chi connectivity index (χ0) is 11.4. The number of hydrogen-bond acceptors (Lipinski definition) is 2. The number of hydrogen-bond donors (Lipinski definition) is 2. The van der Waals surface area contributed by atoms with Gasteiger partial charge in [-0.15, -0.1) is 0 Å². The summed E-state index contributed by atoms with van der Waals surface area (Å²) in [7, 11) is 0. The Hall–Kier alpha value is -1.77. The van der Waals surface area contributed by atoms with Gasteiger partial charge in [-0.1, -0.05) is 30.4 Å². The van der Waals surface area contributed by atoms with Gasteiger partial charge < -0.3 is 11.1 Å². The predicted octanol–water partition coefficient (Wildman–Crippen LogP) is 1.65. The van der Waals surface area contributed by atoms with E-state index in [4.69, 9.17) is 5.73 Å². The van der Waals surface area contributed by atoms with Gasteiger partial charge in [0.05, 0.1) is 6.42 Å². The summed E-state index contributed by atoms with van der Waals surface area (Å²) in [6.45, 7) is 0. The number of rotatable bonds is 3. The fourth-order valence-corrected chi connectivity index (χ4v) is 1.88. The van der Waals surface area contributed by atoms with E-state index < -0.39 is 0 Å². The summed E-state index contributed by atoms with van der Waals surface area (Å²) in [5.41, 5.74) is 7.36. The average Bonchev–Trinajstić information content (AvgIpc) is 2.74. The summed E-state index contributed by atoms with van der Waals surface area (Å²) >= 11 is 0. The van der Waals surface area contributed by atoms with E-state index in [2.05, 4.69) is 17.5 Å². The Balaban J connectivity index is 1.89. The van der Waals surface area contributed by atoms with E-state index in [1.807, 2.05) is 24.3 Å². The monoisotopic (exact) mass is 216 g/mol. The van der Waals surface area contributed by atoms with Gasteiger partial charge in [-0.3, -0.25) is 4.79 Å². The first-order valence-corrected chi connectivity index (χ1v) is 5.53. The van der Waals surface area contributed by atoms with Crippen molar-refractivity contribution in [2.24, 2.45) is 0 Å². The molecule has 3 nitrogen and oxygen atoms in total. The third-order valence-electron chi connectivity index (χ3n) is 2.78. The third kappa shape index (κ3) is 2.63. The van der Waals surface area contributed by atoms with Crippen molar-refractivity contribution in [2.45, 2.75) is 25.3 Å². The molecule has 0 aliphatic heterocycles. The summed E-state index contributed by atoms with van der Waals surface area (Å²) in [5.74, 6) is 0.0478.